The number of carbonyl (C=O) groups is 1. The summed E-state index contributed by atoms with van der Waals surface area (Å²) >= 11 is 7.31. The first-order valence-corrected chi connectivity index (χ1v) is 8.95. The molecule has 0 unspecified atom stereocenters. The minimum absolute atomic E-state index is 0.0183. The zero-order valence-corrected chi connectivity index (χ0v) is 15.1. The Balaban J connectivity index is 1.61. The average Bonchev–Trinajstić information content (AvgIpc) is 3.13. The molecule has 1 aromatic carbocycles. The zero-order chi connectivity index (χ0) is 17.2. The van der Waals surface area contributed by atoms with Crippen LogP contribution >= 0.6 is 22.9 Å². The molecule has 2 aromatic rings. The topological polar surface area (TPSA) is 65.5 Å². The van der Waals surface area contributed by atoms with Crippen molar-refractivity contribution in [1.29, 1.82) is 0 Å². The molecule has 2 rings (SSSR count). The number of rotatable bonds is 7. The van der Waals surface area contributed by atoms with Crippen molar-refractivity contribution in [2.24, 2.45) is 4.99 Å². The van der Waals surface area contributed by atoms with Crippen LogP contribution in [0.2, 0.25) is 5.02 Å². The van der Waals surface area contributed by atoms with E-state index in [1.165, 1.54) is 11.3 Å². The highest BCUT2D eigenvalue weighted by molar-refractivity contribution is 7.12. The fourth-order valence-electron chi connectivity index (χ4n) is 2.00. The van der Waals surface area contributed by atoms with E-state index in [4.69, 9.17) is 11.6 Å². The Morgan fingerprint density at radius 2 is 1.88 bits per heavy atom. The highest BCUT2D eigenvalue weighted by atomic mass is 35.5. The standard InChI is InChI=1S/C17H21ClN4OS/c1-19-17(22-12-13-5-7-14(18)8-6-13)21-10-3-9-20-16(23)15-4-2-11-24-15/h2,4-8,11H,3,9-10,12H2,1H3,(H,20,23)(H2,19,21,22). The highest BCUT2D eigenvalue weighted by Gasteiger charge is 2.04. The quantitative estimate of drug-likeness (QED) is 0.402. The van der Waals surface area contributed by atoms with Crippen molar-refractivity contribution in [1.82, 2.24) is 16.0 Å². The van der Waals surface area contributed by atoms with Gasteiger partial charge in [-0.05, 0) is 35.6 Å². The summed E-state index contributed by atoms with van der Waals surface area (Å²) in [6, 6.07) is 11.4. The molecule has 1 heterocycles. The Bertz CT molecular complexity index is 656. The minimum Gasteiger partial charge on any atom is -0.356 e. The number of amides is 1. The molecule has 0 aliphatic carbocycles. The molecule has 24 heavy (non-hydrogen) atoms. The van der Waals surface area contributed by atoms with Crippen molar-refractivity contribution in [2.45, 2.75) is 13.0 Å². The number of benzene rings is 1. The maximum Gasteiger partial charge on any atom is 0.261 e. The molecule has 7 heteroatoms. The van der Waals surface area contributed by atoms with Crippen molar-refractivity contribution in [3.05, 3.63) is 57.2 Å². The number of thiophene rings is 1. The first-order chi connectivity index (χ1) is 11.7. The maximum atomic E-state index is 11.8. The summed E-state index contributed by atoms with van der Waals surface area (Å²) in [7, 11) is 1.73. The van der Waals surface area contributed by atoms with Gasteiger partial charge in [0.05, 0.1) is 4.88 Å². The summed E-state index contributed by atoms with van der Waals surface area (Å²) in [4.78, 5) is 16.7. The van der Waals surface area contributed by atoms with Crippen LogP contribution in [0.25, 0.3) is 0 Å². The Morgan fingerprint density at radius 3 is 2.54 bits per heavy atom. The Morgan fingerprint density at radius 1 is 1.12 bits per heavy atom. The van der Waals surface area contributed by atoms with Crippen molar-refractivity contribution in [2.75, 3.05) is 20.1 Å². The second-order valence-electron chi connectivity index (χ2n) is 5.07. The predicted molar refractivity (Wildman–Crippen MR) is 101 cm³/mol. The molecule has 0 spiro atoms. The van der Waals surface area contributed by atoms with Gasteiger partial charge in [0.25, 0.3) is 5.91 Å². The number of nitrogens with zero attached hydrogens (tertiary/aromatic N) is 1. The molecular weight excluding hydrogens is 344 g/mol. The summed E-state index contributed by atoms with van der Waals surface area (Å²) in [5, 5.41) is 12.0. The molecule has 0 saturated heterocycles. The van der Waals surface area contributed by atoms with E-state index in [9.17, 15) is 4.79 Å². The molecule has 1 aromatic heterocycles. The normalized spacial score (nSPS) is 11.2. The van der Waals surface area contributed by atoms with E-state index in [0.29, 0.717) is 13.1 Å². The molecule has 0 fully saturated rings. The number of guanidine groups is 1. The summed E-state index contributed by atoms with van der Waals surface area (Å²) in [6.45, 7) is 2.02. The van der Waals surface area contributed by atoms with Gasteiger partial charge < -0.3 is 16.0 Å². The van der Waals surface area contributed by atoms with Crippen molar-refractivity contribution < 1.29 is 4.79 Å². The van der Waals surface area contributed by atoms with Crippen LogP contribution in [0.4, 0.5) is 0 Å². The highest BCUT2D eigenvalue weighted by Crippen LogP contribution is 2.09. The summed E-state index contributed by atoms with van der Waals surface area (Å²) in [5.74, 6) is 0.713. The number of nitrogens with one attached hydrogen (secondary N) is 3. The van der Waals surface area contributed by atoms with Crippen LogP contribution in [0.1, 0.15) is 21.7 Å². The molecule has 0 aliphatic rings. The summed E-state index contributed by atoms with van der Waals surface area (Å²) in [6.07, 6.45) is 0.818. The molecule has 5 nitrogen and oxygen atoms in total. The van der Waals surface area contributed by atoms with Crippen molar-refractivity contribution in [3.63, 3.8) is 0 Å². The van der Waals surface area contributed by atoms with Crippen LogP contribution in [0, 0.1) is 0 Å². The molecular formula is C17H21ClN4OS. The lowest BCUT2D eigenvalue weighted by atomic mass is 10.2. The average molecular weight is 365 g/mol. The van der Waals surface area contributed by atoms with Crippen LogP contribution in [-0.4, -0.2) is 32.0 Å². The third-order valence-electron chi connectivity index (χ3n) is 3.27. The van der Waals surface area contributed by atoms with Gasteiger partial charge in [0.1, 0.15) is 0 Å². The van der Waals surface area contributed by atoms with Gasteiger partial charge in [0.2, 0.25) is 0 Å². The van der Waals surface area contributed by atoms with Gasteiger partial charge in [0, 0.05) is 31.7 Å². The second-order valence-corrected chi connectivity index (χ2v) is 6.45. The van der Waals surface area contributed by atoms with Gasteiger partial charge in [-0.1, -0.05) is 29.8 Å². The monoisotopic (exact) mass is 364 g/mol. The molecule has 0 atom stereocenters. The van der Waals surface area contributed by atoms with Crippen LogP contribution in [0.15, 0.2) is 46.8 Å². The molecule has 3 N–H and O–H groups in total. The molecule has 0 radical (unpaired) electrons. The Labute approximate surface area is 151 Å². The summed E-state index contributed by atoms with van der Waals surface area (Å²) in [5.41, 5.74) is 1.13. The van der Waals surface area contributed by atoms with E-state index in [2.05, 4.69) is 20.9 Å². The number of hydrogen-bond donors (Lipinski definition) is 3. The Kier molecular flexibility index (Phi) is 7.58. The zero-order valence-electron chi connectivity index (χ0n) is 13.5. The molecule has 1 amide bonds. The third kappa shape index (κ3) is 6.22. The van der Waals surface area contributed by atoms with E-state index in [0.717, 1.165) is 34.4 Å². The fourth-order valence-corrected chi connectivity index (χ4v) is 2.77. The van der Waals surface area contributed by atoms with Crippen LogP contribution < -0.4 is 16.0 Å². The SMILES string of the molecule is CN=C(NCCCNC(=O)c1cccs1)NCc1ccc(Cl)cc1. The maximum absolute atomic E-state index is 11.8. The van der Waals surface area contributed by atoms with E-state index in [1.54, 1.807) is 7.05 Å². The first kappa shape index (κ1) is 18.3. The molecule has 0 bridgehead atoms. The minimum atomic E-state index is -0.0183. The smallest absolute Gasteiger partial charge is 0.261 e. The van der Waals surface area contributed by atoms with Crippen LogP contribution in [0.3, 0.4) is 0 Å². The van der Waals surface area contributed by atoms with E-state index < -0.39 is 0 Å². The van der Waals surface area contributed by atoms with Crippen molar-refractivity contribution >= 4 is 34.8 Å². The predicted octanol–water partition coefficient (Wildman–Crippen LogP) is 2.89. The lowest BCUT2D eigenvalue weighted by molar-refractivity contribution is 0.0957. The van der Waals surface area contributed by atoms with Gasteiger partial charge in [-0.15, -0.1) is 11.3 Å². The molecule has 128 valence electrons. The van der Waals surface area contributed by atoms with Crippen molar-refractivity contribution in [3.8, 4) is 0 Å². The van der Waals surface area contributed by atoms with Gasteiger partial charge in [-0.25, -0.2) is 0 Å². The van der Waals surface area contributed by atoms with E-state index in [1.807, 2.05) is 41.8 Å². The van der Waals surface area contributed by atoms with Gasteiger partial charge in [0.15, 0.2) is 5.96 Å². The van der Waals surface area contributed by atoms with Gasteiger partial charge in [-0.3, -0.25) is 9.79 Å². The molecule has 0 aliphatic heterocycles. The number of aliphatic imine (C=N–C) groups is 1. The first-order valence-electron chi connectivity index (χ1n) is 7.69. The van der Waals surface area contributed by atoms with E-state index >= 15 is 0 Å². The fraction of sp³-hybridized carbons (Fsp3) is 0.294. The number of carbonyl (C=O) groups excluding carboxylic acids is 1. The van der Waals surface area contributed by atoms with Crippen LogP contribution in [-0.2, 0) is 6.54 Å². The van der Waals surface area contributed by atoms with Crippen LogP contribution in [0.5, 0.6) is 0 Å². The van der Waals surface area contributed by atoms with E-state index in [-0.39, 0.29) is 5.91 Å². The number of hydrogen-bond acceptors (Lipinski definition) is 3. The molecule has 0 saturated carbocycles. The second kappa shape index (κ2) is 9.95. The largest absolute Gasteiger partial charge is 0.356 e. The lowest BCUT2D eigenvalue weighted by Crippen LogP contribution is -2.38. The summed E-state index contributed by atoms with van der Waals surface area (Å²) < 4.78 is 0. The third-order valence-corrected chi connectivity index (χ3v) is 4.39. The number of halogens is 1. The Hall–Kier alpha value is -2.05. The van der Waals surface area contributed by atoms with Gasteiger partial charge in [-0.2, -0.15) is 0 Å². The van der Waals surface area contributed by atoms with Gasteiger partial charge >= 0.3 is 0 Å². The lowest BCUT2D eigenvalue weighted by Gasteiger charge is -2.12.